The second kappa shape index (κ2) is 9.22. The highest BCUT2D eigenvalue weighted by atomic mass is 32.2. The maximum atomic E-state index is 13.7. The summed E-state index contributed by atoms with van der Waals surface area (Å²) in [5, 5.41) is 25.4. The maximum absolute atomic E-state index is 13.7. The van der Waals surface area contributed by atoms with E-state index in [0.29, 0.717) is 11.7 Å². The van der Waals surface area contributed by atoms with Gasteiger partial charge in [0.1, 0.15) is 11.7 Å². The number of ether oxygens (including phenoxy) is 1. The standard InChI is InChI=1S/C20H30N4O3S3/c1-7-14-9-17(28-11-14)29-13(2)8-16(25)27-15-10-23(6)12-24(15,26)19-22-21-18(30-19)20(3,4)5/h9,11,13,15H,7-8,10,12H2,1-6H3. The number of carbonyl (C=O) groups is 1. The third-order valence-electron chi connectivity index (χ3n) is 4.84. The van der Waals surface area contributed by atoms with Gasteiger partial charge in [-0.15, -0.1) is 28.2 Å². The minimum Gasteiger partial charge on any atom is -0.622 e. The Hall–Kier alpha value is -1.04. The third-order valence-corrected chi connectivity index (χ3v) is 8.57. The van der Waals surface area contributed by atoms with E-state index < -0.39 is 10.9 Å². The molecule has 10 heteroatoms. The number of hydroxylamine groups is 2. The number of esters is 1. The molecule has 7 nitrogen and oxygen atoms in total. The van der Waals surface area contributed by atoms with Crippen molar-refractivity contribution in [2.24, 2.45) is 0 Å². The Morgan fingerprint density at radius 2 is 2.20 bits per heavy atom. The van der Waals surface area contributed by atoms with Gasteiger partial charge in [-0.3, -0.25) is 9.44 Å². The topological polar surface area (TPSA) is 78.4 Å². The lowest BCUT2D eigenvalue weighted by Crippen LogP contribution is -2.51. The Bertz CT molecular complexity index is 879. The number of thioether (sulfide) groups is 1. The lowest BCUT2D eigenvalue weighted by atomic mass is 9.98. The highest BCUT2D eigenvalue weighted by molar-refractivity contribution is 8.01. The molecule has 0 amide bonds. The number of carbonyl (C=O) groups excluding carboxylic acids is 1. The molecule has 0 spiro atoms. The number of aromatic nitrogens is 2. The van der Waals surface area contributed by atoms with Crippen LogP contribution in [-0.2, 0) is 21.4 Å². The average Bonchev–Trinajstić information content (AvgIpc) is 3.34. The van der Waals surface area contributed by atoms with Gasteiger partial charge in [0.15, 0.2) is 0 Å². The number of hydrogen-bond acceptors (Lipinski definition) is 9. The van der Waals surface area contributed by atoms with Gasteiger partial charge in [-0.05, 0) is 41.8 Å². The lowest BCUT2D eigenvalue weighted by Gasteiger charge is -2.38. The zero-order valence-corrected chi connectivity index (χ0v) is 20.8. The number of aryl methyl sites for hydroxylation is 1. The first-order valence-corrected chi connectivity index (χ1v) is 12.6. The van der Waals surface area contributed by atoms with Crippen molar-refractivity contribution in [1.29, 1.82) is 0 Å². The van der Waals surface area contributed by atoms with Crippen molar-refractivity contribution in [3.05, 3.63) is 27.2 Å². The monoisotopic (exact) mass is 470 g/mol. The van der Waals surface area contributed by atoms with Crippen molar-refractivity contribution >= 4 is 45.5 Å². The molecule has 3 rings (SSSR count). The van der Waals surface area contributed by atoms with E-state index in [4.69, 9.17) is 4.74 Å². The Labute approximate surface area is 190 Å². The summed E-state index contributed by atoms with van der Waals surface area (Å²) in [5.74, 6) is -0.346. The highest BCUT2D eigenvalue weighted by Crippen LogP contribution is 2.37. The quantitative estimate of drug-likeness (QED) is 0.253. The van der Waals surface area contributed by atoms with Crippen LogP contribution in [0.3, 0.4) is 0 Å². The Balaban J connectivity index is 1.64. The summed E-state index contributed by atoms with van der Waals surface area (Å²) in [6.45, 7) is 10.8. The van der Waals surface area contributed by atoms with Crippen molar-refractivity contribution in [2.75, 3.05) is 20.3 Å². The zero-order chi connectivity index (χ0) is 22.1. The van der Waals surface area contributed by atoms with E-state index in [-0.39, 0.29) is 29.7 Å². The molecule has 2 aromatic heterocycles. The summed E-state index contributed by atoms with van der Waals surface area (Å²) in [4.78, 5) is 14.5. The van der Waals surface area contributed by atoms with Gasteiger partial charge in [0.25, 0.3) is 6.23 Å². The normalized spacial score (nSPS) is 23.6. The van der Waals surface area contributed by atoms with Gasteiger partial charge in [-0.2, -0.15) is 0 Å². The highest BCUT2D eigenvalue weighted by Gasteiger charge is 2.45. The first-order valence-electron chi connectivity index (χ1n) is 10.1. The van der Waals surface area contributed by atoms with Crippen molar-refractivity contribution in [3.63, 3.8) is 0 Å². The van der Waals surface area contributed by atoms with Crippen LogP contribution in [0.4, 0.5) is 5.13 Å². The van der Waals surface area contributed by atoms with Crippen LogP contribution in [0.1, 0.15) is 51.6 Å². The molecule has 0 aliphatic carbocycles. The van der Waals surface area contributed by atoms with Crippen molar-refractivity contribution in [2.45, 2.75) is 68.6 Å². The smallest absolute Gasteiger partial charge is 0.311 e. The van der Waals surface area contributed by atoms with Crippen LogP contribution in [-0.4, -0.2) is 52.8 Å². The molecule has 1 aliphatic heterocycles. The summed E-state index contributed by atoms with van der Waals surface area (Å²) >= 11 is 4.68. The second-order valence-corrected chi connectivity index (χ2v) is 12.4. The molecule has 3 atom stereocenters. The summed E-state index contributed by atoms with van der Waals surface area (Å²) in [6.07, 6.45) is 0.441. The van der Waals surface area contributed by atoms with Gasteiger partial charge in [-0.1, -0.05) is 39.7 Å². The van der Waals surface area contributed by atoms with Gasteiger partial charge in [0.05, 0.1) is 17.2 Å². The molecule has 0 aromatic carbocycles. The van der Waals surface area contributed by atoms with E-state index in [1.165, 1.54) is 21.1 Å². The van der Waals surface area contributed by atoms with E-state index in [1.807, 2.05) is 39.6 Å². The summed E-state index contributed by atoms with van der Waals surface area (Å²) in [7, 11) is 1.85. The van der Waals surface area contributed by atoms with Crippen molar-refractivity contribution in [3.8, 4) is 0 Å². The van der Waals surface area contributed by atoms with Gasteiger partial charge >= 0.3 is 11.1 Å². The van der Waals surface area contributed by atoms with Crippen LogP contribution in [0, 0.1) is 5.21 Å². The number of rotatable bonds is 7. The van der Waals surface area contributed by atoms with Crippen LogP contribution in [0.25, 0.3) is 0 Å². The minimum atomic E-state index is -0.825. The largest absolute Gasteiger partial charge is 0.622 e. The van der Waals surface area contributed by atoms with E-state index in [9.17, 15) is 10.0 Å². The van der Waals surface area contributed by atoms with E-state index in [0.717, 1.165) is 11.4 Å². The molecule has 2 aromatic rings. The van der Waals surface area contributed by atoms with Crippen LogP contribution in [0.15, 0.2) is 15.7 Å². The summed E-state index contributed by atoms with van der Waals surface area (Å²) in [5.41, 5.74) is 1.13. The first kappa shape index (κ1) is 23.6. The fourth-order valence-electron chi connectivity index (χ4n) is 3.16. The van der Waals surface area contributed by atoms with E-state index in [2.05, 4.69) is 28.6 Å². The SMILES string of the molecule is CCc1csc(SC(C)CC(=O)OC2CN(C)C[N+]2([O-])c2nnc(C(C)(C)C)s2)c1. The fraction of sp³-hybridized carbons (Fsp3) is 0.650. The molecule has 0 radical (unpaired) electrons. The van der Waals surface area contributed by atoms with Gasteiger partial charge < -0.3 is 9.94 Å². The molecule has 1 saturated heterocycles. The number of likely N-dealkylation sites (N-methyl/N-ethyl adjacent to an activating group) is 1. The predicted molar refractivity (Wildman–Crippen MR) is 125 cm³/mol. The van der Waals surface area contributed by atoms with Crippen molar-refractivity contribution < 1.29 is 9.53 Å². The molecule has 3 heterocycles. The first-order chi connectivity index (χ1) is 14.0. The van der Waals surface area contributed by atoms with Crippen molar-refractivity contribution in [1.82, 2.24) is 19.7 Å². The number of thiophene rings is 1. The van der Waals surface area contributed by atoms with E-state index in [1.54, 1.807) is 23.1 Å². The Kier molecular flexibility index (Phi) is 7.26. The van der Waals surface area contributed by atoms with Crippen LogP contribution in [0.5, 0.6) is 0 Å². The molecular weight excluding hydrogens is 440 g/mol. The van der Waals surface area contributed by atoms with Gasteiger partial charge in [0, 0.05) is 10.7 Å². The molecule has 3 unspecified atom stereocenters. The van der Waals surface area contributed by atoms with Gasteiger partial charge in [0.2, 0.25) is 0 Å². The average molecular weight is 471 g/mol. The van der Waals surface area contributed by atoms with Crippen LogP contribution in [0.2, 0.25) is 0 Å². The molecule has 1 fully saturated rings. The number of quaternary nitrogens is 1. The van der Waals surface area contributed by atoms with Crippen LogP contribution < -0.4 is 4.65 Å². The Morgan fingerprint density at radius 1 is 1.47 bits per heavy atom. The molecule has 0 saturated carbocycles. The second-order valence-electron chi connectivity index (χ2n) is 8.82. The summed E-state index contributed by atoms with van der Waals surface area (Å²) in [6, 6.07) is 2.17. The Morgan fingerprint density at radius 3 is 2.80 bits per heavy atom. The molecular formula is C20H30N4O3S3. The minimum absolute atomic E-state index is 0.0718. The number of nitrogens with zero attached hydrogens (tertiary/aromatic N) is 4. The maximum Gasteiger partial charge on any atom is 0.311 e. The van der Waals surface area contributed by atoms with Crippen LogP contribution >= 0.6 is 34.4 Å². The predicted octanol–water partition coefficient (Wildman–Crippen LogP) is 4.61. The van der Waals surface area contributed by atoms with E-state index >= 15 is 0 Å². The fourth-order valence-corrected chi connectivity index (χ4v) is 6.55. The summed E-state index contributed by atoms with van der Waals surface area (Å²) < 4.78 is 6.10. The molecule has 166 valence electrons. The number of hydrogen-bond donors (Lipinski definition) is 0. The molecule has 30 heavy (non-hydrogen) atoms. The molecule has 0 N–H and O–H groups in total. The molecule has 0 bridgehead atoms. The third kappa shape index (κ3) is 5.41. The molecule has 1 aliphatic rings. The lowest BCUT2D eigenvalue weighted by molar-refractivity contribution is -0.153. The zero-order valence-electron chi connectivity index (χ0n) is 18.4. The van der Waals surface area contributed by atoms with Gasteiger partial charge in [-0.25, -0.2) is 4.90 Å².